The van der Waals surface area contributed by atoms with Gasteiger partial charge in [-0.05, 0) is 30.7 Å². The number of nitrogens with two attached hydrogens (primary N) is 1. The number of pyridine rings is 1. The van der Waals surface area contributed by atoms with Crippen molar-refractivity contribution in [2.24, 2.45) is 5.73 Å². The Bertz CT molecular complexity index is 599. The van der Waals surface area contributed by atoms with Crippen molar-refractivity contribution in [3.05, 3.63) is 52.7 Å². The Kier molecular flexibility index (Phi) is 3.48. The first-order chi connectivity index (χ1) is 8.56. The summed E-state index contributed by atoms with van der Waals surface area (Å²) in [5, 5.41) is 7.96. The van der Waals surface area contributed by atoms with Crippen LogP contribution in [0.5, 0.6) is 11.6 Å². The van der Waals surface area contributed by atoms with Crippen molar-refractivity contribution in [2.75, 3.05) is 0 Å². The van der Waals surface area contributed by atoms with E-state index in [-0.39, 0.29) is 5.84 Å². The van der Waals surface area contributed by atoms with Crippen LogP contribution in [0.1, 0.15) is 11.1 Å². The van der Waals surface area contributed by atoms with Gasteiger partial charge in [0.15, 0.2) is 0 Å². The molecule has 0 saturated carbocycles. The van der Waals surface area contributed by atoms with Gasteiger partial charge in [0.25, 0.3) is 0 Å². The molecule has 0 aliphatic rings. The van der Waals surface area contributed by atoms with E-state index >= 15 is 0 Å². The second-order valence-corrected chi connectivity index (χ2v) is 4.24. The van der Waals surface area contributed by atoms with Crippen molar-refractivity contribution in [1.29, 1.82) is 5.41 Å². The summed E-state index contributed by atoms with van der Waals surface area (Å²) in [6.07, 6.45) is 1.55. The Hall–Kier alpha value is -2.07. The molecule has 0 unspecified atom stereocenters. The Labute approximate surface area is 110 Å². The van der Waals surface area contributed by atoms with Crippen molar-refractivity contribution in [2.45, 2.75) is 6.92 Å². The number of hydrogen-bond acceptors (Lipinski definition) is 3. The Balaban J connectivity index is 2.31. The first-order valence-electron chi connectivity index (χ1n) is 5.31. The van der Waals surface area contributed by atoms with Gasteiger partial charge in [0.1, 0.15) is 11.6 Å². The van der Waals surface area contributed by atoms with E-state index in [1.807, 2.05) is 13.0 Å². The van der Waals surface area contributed by atoms with E-state index in [2.05, 4.69) is 4.98 Å². The molecule has 1 heterocycles. The molecule has 0 radical (unpaired) electrons. The predicted octanol–water partition coefficient (Wildman–Crippen LogP) is 3.12. The third kappa shape index (κ3) is 2.78. The molecule has 2 aromatic rings. The quantitative estimate of drug-likeness (QED) is 0.659. The molecular weight excluding hydrogens is 250 g/mol. The maximum Gasteiger partial charge on any atom is 0.219 e. The van der Waals surface area contributed by atoms with Crippen LogP contribution in [-0.4, -0.2) is 10.8 Å². The zero-order chi connectivity index (χ0) is 13.1. The summed E-state index contributed by atoms with van der Waals surface area (Å²) in [6.45, 7) is 1.92. The molecule has 92 valence electrons. The van der Waals surface area contributed by atoms with Crippen molar-refractivity contribution in [1.82, 2.24) is 4.98 Å². The van der Waals surface area contributed by atoms with Crippen LogP contribution in [0.3, 0.4) is 0 Å². The second-order valence-electron chi connectivity index (χ2n) is 3.81. The highest BCUT2D eigenvalue weighted by molar-refractivity contribution is 6.30. The summed E-state index contributed by atoms with van der Waals surface area (Å²) in [5.41, 5.74) is 6.93. The molecule has 0 aliphatic carbocycles. The summed E-state index contributed by atoms with van der Waals surface area (Å²) < 4.78 is 5.63. The Morgan fingerprint density at radius 1 is 1.33 bits per heavy atom. The molecule has 0 fully saturated rings. The summed E-state index contributed by atoms with van der Waals surface area (Å²) in [4.78, 5) is 4.07. The largest absolute Gasteiger partial charge is 0.439 e. The van der Waals surface area contributed by atoms with Gasteiger partial charge in [-0.1, -0.05) is 17.7 Å². The average Bonchev–Trinajstić information content (AvgIpc) is 2.34. The lowest BCUT2D eigenvalue weighted by molar-refractivity contribution is 0.459. The minimum absolute atomic E-state index is 0.0231. The van der Waals surface area contributed by atoms with Gasteiger partial charge < -0.3 is 10.5 Å². The van der Waals surface area contributed by atoms with Crippen molar-refractivity contribution in [3.8, 4) is 11.6 Å². The van der Waals surface area contributed by atoms with Gasteiger partial charge in [-0.2, -0.15) is 0 Å². The van der Waals surface area contributed by atoms with E-state index in [0.29, 0.717) is 22.2 Å². The molecule has 4 nitrogen and oxygen atoms in total. The normalized spacial score (nSPS) is 10.1. The number of halogens is 1. The summed E-state index contributed by atoms with van der Waals surface area (Å²) in [7, 11) is 0. The number of hydrogen-bond donors (Lipinski definition) is 2. The third-order valence-corrected chi connectivity index (χ3v) is 2.65. The number of rotatable bonds is 3. The number of nitrogens with one attached hydrogen (secondary N) is 1. The number of benzene rings is 1. The van der Waals surface area contributed by atoms with Gasteiger partial charge in [-0.15, -0.1) is 0 Å². The zero-order valence-corrected chi connectivity index (χ0v) is 10.5. The lowest BCUT2D eigenvalue weighted by atomic mass is 10.2. The average molecular weight is 262 g/mol. The highest BCUT2D eigenvalue weighted by Crippen LogP contribution is 2.27. The van der Waals surface area contributed by atoms with Crippen LogP contribution in [0.4, 0.5) is 0 Å². The fourth-order valence-corrected chi connectivity index (χ4v) is 1.59. The van der Waals surface area contributed by atoms with Crippen molar-refractivity contribution in [3.63, 3.8) is 0 Å². The van der Waals surface area contributed by atoms with Crippen LogP contribution in [0.15, 0.2) is 36.5 Å². The van der Waals surface area contributed by atoms with Crippen LogP contribution in [0.2, 0.25) is 5.02 Å². The van der Waals surface area contributed by atoms with Crippen LogP contribution in [0.25, 0.3) is 0 Å². The van der Waals surface area contributed by atoms with Gasteiger partial charge in [0.2, 0.25) is 5.88 Å². The van der Waals surface area contributed by atoms with E-state index in [0.717, 1.165) is 5.56 Å². The molecule has 0 amide bonds. The van der Waals surface area contributed by atoms with Crippen molar-refractivity contribution < 1.29 is 4.74 Å². The van der Waals surface area contributed by atoms with E-state index in [1.165, 1.54) is 0 Å². The fourth-order valence-electron chi connectivity index (χ4n) is 1.43. The molecule has 3 N–H and O–H groups in total. The van der Waals surface area contributed by atoms with Gasteiger partial charge in [-0.25, -0.2) is 4.98 Å². The van der Waals surface area contributed by atoms with E-state index in [1.54, 1.807) is 30.5 Å². The van der Waals surface area contributed by atoms with Gasteiger partial charge >= 0.3 is 0 Å². The SMILES string of the molecule is Cc1ccc(Cl)cc1Oc1cc(C(=N)N)ccn1. The Morgan fingerprint density at radius 2 is 2.11 bits per heavy atom. The lowest BCUT2D eigenvalue weighted by Gasteiger charge is -2.08. The smallest absolute Gasteiger partial charge is 0.219 e. The minimum atomic E-state index is -0.0231. The molecule has 5 heteroatoms. The fraction of sp³-hybridized carbons (Fsp3) is 0.0769. The number of aromatic nitrogens is 1. The molecule has 0 atom stereocenters. The van der Waals surface area contributed by atoms with Crippen LogP contribution >= 0.6 is 11.6 Å². The van der Waals surface area contributed by atoms with E-state index < -0.39 is 0 Å². The molecule has 1 aromatic carbocycles. The maximum atomic E-state index is 7.36. The molecule has 1 aromatic heterocycles. The van der Waals surface area contributed by atoms with Gasteiger partial charge in [0, 0.05) is 22.8 Å². The molecule has 0 saturated heterocycles. The zero-order valence-electron chi connectivity index (χ0n) is 9.77. The summed E-state index contributed by atoms with van der Waals surface area (Å²) in [6, 6.07) is 8.65. The van der Waals surface area contributed by atoms with Gasteiger partial charge in [0.05, 0.1) is 0 Å². The van der Waals surface area contributed by atoms with Crippen LogP contribution in [-0.2, 0) is 0 Å². The van der Waals surface area contributed by atoms with E-state index in [9.17, 15) is 0 Å². The van der Waals surface area contributed by atoms with Gasteiger partial charge in [-0.3, -0.25) is 5.41 Å². The van der Waals surface area contributed by atoms with Crippen LogP contribution < -0.4 is 10.5 Å². The third-order valence-electron chi connectivity index (χ3n) is 2.41. The Morgan fingerprint density at radius 3 is 2.83 bits per heavy atom. The lowest BCUT2D eigenvalue weighted by Crippen LogP contribution is -2.11. The molecule has 0 spiro atoms. The number of ether oxygens (including phenoxy) is 1. The number of nitrogen functional groups attached to an aromatic ring is 1. The highest BCUT2D eigenvalue weighted by atomic mass is 35.5. The minimum Gasteiger partial charge on any atom is -0.439 e. The summed E-state index contributed by atoms with van der Waals surface area (Å²) >= 11 is 5.91. The monoisotopic (exact) mass is 261 g/mol. The standard InChI is InChI=1S/C13H12ClN3O/c1-8-2-3-10(14)7-11(8)18-12-6-9(13(15)16)4-5-17-12/h2-7H,1H3,(H3,15,16). The molecule has 0 aliphatic heterocycles. The predicted molar refractivity (Wildman–Crippen MR) is 71.5 cm³/mol. The molecule has 0 bridgehead atoms. The number of aryl methyl sites for hydroxylation is 1. The number of amidine groups is 1. The summed E-state index contributed by atoms with van der Waals surface area (Å²) in [5.74, 6) is 0.994. The molecular formula is C13H12ClN3O. The molecule has 18 heavy (non-hydrogen) atoms. The first-order valence-corrected chi connectivity index (χ1v) is 5.68. The highest BCUT2D eigenvalue weighted by Gasteiger charge is 2.05. The topological polar surface area (TPSA) is 72.0 Å². The van der Waals surface area contributed by atoms with Crippen molar-refractivity contribution >= 4 is 17.4 Å². The van der Waals surface area contributed by atoms with E-state index in [4.69, 9.17) is 27.5 Å². The number of nitrogens with zero attached hydrogens (tertiary/aromatic N) is 1. The van der Waals surface area contributed by atoms with Crippen LogP contribution in [0, 0.1) is 12.3 Å². The first kappa shape index (κ1) is 12.4. The maximum absolute atomic E-state index is 7.36. The second kappa shape index (κ2) is 5.06. The molecule has 2 rings (SSSR count).